The van der Waals surface area contributed by atoms with E-state index in [1.807, 2.05) is 13.8 Å². The summed E-state index contributed by atoms with van der Waals surface area (Å²) < 4.78 is 10.5. The van der Waals surface area contributed by atoms with Crippen LogP contribution in [0.15, 0.2) is 97.1 Å². The summed E-state index contributed by atoms with van der Waals surface area (Å²) >= 11 is 0. The fraction of sp³-hybridized carbons (Fsp3) is 0.297. The Morgan fingerprint density at radius 1 is 0.537 bits per heavy atom. The van der Waals surface area contributed by atoms with Gasteiger partial charge in [-0.15, -0.1) is 0 Å². The van der Waals surface area contributed by atoms with Gasteiger partial charge in [0.05, 0.1) is 26.1 Å². The predicted octanol–water partition coefficient (Wildman–Crippen LogP) is 7.71. The van der Waals surface area contributed by atoms with Gasteiger partial charge in [-0.3, -0.25) is 9.59 Å². The monoisotopic (exact) mass is 544 g/mol. The molecular weight excluding hydrogens is 508 g/mol. The van der Waals surface area contributed by atoms with Gasteiger partial charge in [0.25, 0.3) is 0 Å². The van der Waals surface area contributed by atoms with Crippen LogP contribution in [0.25, 0.3) is 22.3 Å². The average molecular weight is 545 g/mol. The van der Waals surface area contributed by atoms with Crippen molar-refractivity contribution >= 4 is 11.9 Å². The molecule has 0 saturated carbocycles. The molecule has 2 atom stereocenters. The summed E-state index contributed by atoms with van der Waals surface area (Å²) in [5.74, 6) is -1.09. The Kier molecular flexibility index (Phi) is 6.81. The highest BCUT2D eigenvalue weighted by molar-refractivity contribution is 5.85. The highest BCUT2D eigenvalue weighted by Crippen LogP contribution is 2.62. The lowest BCUT2D eigenvalue weighted by Gasteiger charge is -2.44. The lowest BCUT2D eigenvalue weighted by Crippen LogP contribution is -2.41. The summed E-state index contributed by atoms with van der Waals surface area (Å²) in [7, 11) is 2.93. The largest absolute Gasteiger partial charge is 0.469 e. The number of benzene rings is 4. The van der Waals surface area contributed by atoms with Gasteiger partial charge in [-0.2, -0.15) is 0 Å². The average Bonchev–Trinajstić information content (AvgIpc) is 3.44. The molecule has 0 aromatic heterocycles. The van der Waals surface area contributed by atoms with Crippen LogP contribution in [-0.4, -0.2) is 26.2 Å². The molecule has 4 heteroatoms. The van der Waals surface area contributed by atoms with E-state index in [2.05, 4.69) is 97.1 Å². The second-order valence-corrected chi connectivity index (χ2v) is 11.8. The van der Waals surface area contributed by atoms with Crippen molar-refractivity contribution in [3.63, 3.8) is 0 Å². The molecule has 41 heavy (non-hydrogen) atoms. The summed E-state index contributed by atoms with van der Waals surface area (Å²) in [4.78, 5) is 26.0. The molecule has 0 amide bonds. The van der Waals surface area contributed by atoms with Gasteiger partial charge in [0, 0.05) is 10.8 Å². The van der Waals surface area contributed by atoms with Crippen LogP contribution in [0.4, 0.5) is 0 Å². The normalized spacial score (nSPS) is 16.5. The van der Waals surface area contributed by atoms with Gasteiger partial charge in [-0.05, 0) is 63.8 Å². The number of fused-ring (bicyclic) bond motifs is 6. The first-order valence-electron chi connectivity index (χ1n) is 14.4. The molecule has 0 heterocycles. The summed E-state index contributed by atoms with van der Waals surface area (Å²) in [6.07, 6.45) is 1.88. The quantitative estimate of drug-likeness (QED) is 0.213. The maximum absolute atomic E-state index is 13.0. The van der Waals surface area contributed by atoms with Gasteiger partial charge in [-0.1, -0.05) is 111 Å². The third-order valence-electron chi connectivity index (χ3n) is 9.47. The minimum absolute atomic E-state index is 0.213. The molecule has 0 fully saturated rings. The van der Waals surface area contributed by atoms with Crippen molar-refractivity contribution in [2.24, 2.45) is 11.8 Å². The van der Waals surface area contributed by atoms with E-state index in [0.717, 1.165) is 0 Å². The van der Waals surface area contributed by atoms with E-state index in [1.54, 1.807) is 0 Å². The molecule has 0 radical (unpaired) electrons. The van der Waals surface area contributed by atoms with Crippen LogP contribution in [-0.2, 0) is 29.9 Å². The third kappa shape index (κ3) is 4.11. The van der Waals surface area contributed by atoms with Gasteiger partial charge in [0.15, 0.2) is 0 Å². The minimum atomic E-state index is -0.499. The zero-order chi connectivity index (χ0) is 28.8. The third-order valence-corrected chi connectivity index (χ3v) is 9.47. The van der Waals surface area contributed by atoms with E-state index in [-0.39, 0.29) is 23.8 Å². The van der Waals surface area contributed by atoms with Crippen LogP contribution in [0.3, 0.4) is 0 Å². The SMILES string of the molecule is COC(=O)C(C)CC1(CC2(CC(C)C(=O)OC)c3ccccc3-c3ccccc32)c2ccccc2-c2ccccc21. The van der Waals surface area contributed by atoms with Gasteiger partial charge in [0.1, 0.15) is 0 Å². The Bertz CT molecular complexity index is 1420. The first-order chi connectivity index (χ1) is 19.9. The van der Waals surface area contributed by atoms with Crippen LogP contribution in [0.2, 0.25) is 0 Å². The zero-order valence-electron chi connectivity index (χ0n) is 24.1. The molecule has 4 nitrogen and oxygen atoms in total. The van der Waals surface area contributed by atoms with E-state index in [1.165, 1.54) is 58.7 Å². The van der Waals surface area contributed by atoms with Crippen molar-refractivity contribution in [3.8, 4) is 22.3 Å². The number of carbonyl (C=O) groups excluding carboxylic acids is 2. The number of ether oxygens (including phenoxy) is 2. The summed E-state index contributed by atoms with van der Waals surface area (Å²) in [5, 5.41) is 0. The van der Waals surface area contributed by atoms with Gasteiger partial charge < -0.3 is 9.47 Å². The smallest absolute Gasteiger partial charge is 0.308 e. The first-order valence-corrected chi connectivity index (χ1v) is 14.4. The summed E-state index contributed by atoms with van der Waals surface area (Å²) in [6, 6.07) is 34.4. The Hall–Kier alpha value is -4.18. The van der Waals surface area contributed by atoms with Crippen molar-refractivity contribution in [2.75, 3.05) is 14.2 Å². The van der Waals surface area contributed by atoms with Crippen molar-refractivity contribution < 1.29 is 19.1 Å². The number of esters is 2. The summed E-state index contributed by atoms with van der Waals surface area (Å²) in [5.41, 5.74) is 8.72. The van der Waals surface area contributed by atoms with E-state index in [4.69, 9.17) is 9.47 Å². The second kappa shape index (κ2) is 10.3. The molecule has 2 unspecified atom stereocenters. The fourth-order valence-electron chi connectivity index (χ4n) is 7.93. The number of carbonyl (C=O) groups is 2. The maximum Gasteiger partial charge on any atom is 0.308 e. The molecule has 6 rings (SSSR count). The maximum atomic E-state index is 13.0. The van der Waals surface area contributed by atoms with E-state index < -0.39 is 10.8 Å². The van der Waals surface area contributed by atoms with Crippen LogP contribution in [0, 0.1) is 11.8 Å². The first kappa shape index (κ1) is 27.0. The Morgan fingerprint density at radius 3 is 1.07 bits per heavy atom. The van der Waals surface area contributed by atoms with Crippen molar-refractivity contribution in [1.82, 2.24) is 0 Å². The van der Waals surface area contributed by atoms with Crippen LogP contribution >= 0.6 is 0 Å². The van der Waals surface area contributed by atoms with Crippen molar-refractivity contribution in [2.45, 2.75) is 43.9 Å². The fourth-order valence-corrected chi connectivity index (χ4v) is 7.93. The molecule has 0 saturated heterocycles. The summed E-state index contributed by atoms with van der Waals surface area (Å²) in [6.45, 7) is 3.94. The van der Waals surface area contributed by atoms with Crippen LogP contribution in [0.1, 0.15) is 55.4 Å². The Morgan fingerprint density at radius 2 is 0.805 bits per heavy atom. The number of hydrogen-bond donors (Lipinski definition) is 0. The van der Waals surface area contributed by atoms with Gasteiger partial charge in [0.2, 0.25) is 0 Å². The second-order valence-electron chi connectivity index (χ2n) is 11.8. The molecule has 0 aliphatic heterocycles. The van der Waals surface area contributed by atoms with Crippen LogP contribution < -0.4 is 0 Å². The molecule has 0 spiro atoms. The van der Waals surface area contributed by atoms with E-state index >= 15 is 0 Å². The van der Waals surface area contributed by atoms with E-state index in [9.17, 15) is 9.59 Å². The minimum Gasteiger partial charge on any atom is -0.469 e. The molecule has 4 aromatic rings. The van der Waals surface area contributed by atoms with E-state index in [0.29, 0.717) is 19.3 Å². The van der Waals surface area contributed by atoms with Gasteiger partial charge >= 0.3 is 11.9 Å². The highest BCUT2D eigenvalue weighted by Gasteiger charge is 2.54. The van der Waals surface area contributed by atoms with Crippen molar-refractivity contribution in [1.29, 1.82) is 0 Å². The number of methoxy groups -OCH3 is 2. The molecular formula is C37H36O4. The topological polar surface area (TPSA) is 52.6 Å². The molecule has 4 aromatic carbocycles. The standard InChI is InChI=1S/C37H36O4/c1-24(34(38)40-3)21-36(30-17-9-5-13-26(30)27-14-6-10-18-31(27)36)23-37(22-25(2)35(39)41-4)32-19-11-7-15-28(32)29-16-8-12-20-33(29)37/h5-20,24-25H,21-23H2,1-4H3. The number of rotatable bonds is 8. The lowest BCUT2D eigenvalue weighted by molar-refractivity contribution is -0.145. The van der Waals surface area contributed by atoms with Gasteiger partial charge in [-0.25, -0.2) is 0 Å². The number of hydrogen-bond acceptors (Lipinski definition) is 4. The Labute approximate surface area is 242 Å². The predicted molar refractivity (Wildman–Crippen MR) is 162 cm³/mol. The molecule has 0 N–H and O–H groups in total. The highest BCUT2D eigenvalue weighted by atomic mass is 16.5. The lowest BCUT2D eigenvalue weighted by atomic mass is 9.58. The Balaban J connectivity index is 1.65. The van der Waals surface area contributed by atoms with Crippen molar-refractivity contribution in [3.05, 3.63) is 119 Å². The van der Waals surface area contributed by atoms with Crippen LogP contribution in [0.5, 0.6) is 0 Å². The molecule has 2 aliphatic rings. The molecule has 2 aliphatic carbocycles. The zero-order valence-corrected chi connectivity index (χ0v) is 24.1. The molecule has 208 valence electrons. The molecule has 0 bridgehead atoms.